The molecule has 1 aromatic rings. The third-order valence-corrected chi connectivity index (χ3v) is 7.90. The third kappa shape index (κ3) is 6.12. The predicted molar refractivity (Wildman–Crippen MR) is 144 cm³/mol. The molecule has 0 spiro atoms. The molecule has 5 amide bonds. The number of β-lactam (4-membered cyclic amide) rings is 1. The molecule has 0 saturated carbocycles. The maximum Gasteiger partial charge on any atom is 0.413 e. The molecular weight excluding hydrogens is 582 g/mol. The molecule has 4 heterocycles. The highest BCUT2D eigenvalue weighted by atomic mass is 32.2. The number of nitrogens with zero attached hydrogens (tertiary/aromatic N) is 4. The monoisotopic (exact) mass is 609 g/mol. The molecule has 4 N–H and O–H groups in total. The van der Waals surface area contributed by atoms with Gasteiger partial charge in [-0.15, -0.1) is 23.1 Å². The van der Waals surface area contributed by atoms with Crippen molar-refractivity contribution in [2.75, 3.05) is 30.8 Å². The smallest absolute Gasteiger partial charge is 0.413 e. The van der Waals surface area contributed by atoms with E-state index in [0.29, 0.717) is 0 Å². The summed E-state index contributed by atoms with van der Waals surface area (Å²) in [5, 5.41) is 25.7. The Labute approximate surface area is 241 Å². The number of aromatic nitrogens is 1. The zero-order chi connectivity index (χ0) is 30.2. The second-order valence-electron chi connectivity index (χ2n) is 9.94. The highest BCUT2D eigenvalue weighted by Crippen LogP contribution is 2.43. The summed E-state index contributed by atoms with van der Waals surface area (Å²) in [6, 6.07) is -1.98. The van der Waals surface area contributed by atoms with E-state index in [4.69, 9.17) is 14.9 Å². The van der Waals surface area contributed by atoms with Gasteiger partial charge >= 0.3 is 24.1 Å². The van der Waals surface area contributed by atoms with Crippen LogP contribution in [0, 0.1) is 5.41 Å². The number of amides is 5. The summed E-state index contributed by atoms with van der Waals surface area (Å²) in [6.07, 6.45) is -0.781. The fourth-order valence-electron chi connectivity index (χ4n) is 4.17. The van der Waals surface area contributed by atoms with Crippen LogP contribution in [0.4, 0.5) is 14.7 Å². The second-order valence-corrected chi connectivity index (χ2v) is 11.9. The lowest BCUT2D eigenvalue weighted by atomic mass is 10.0. The lowest BCUT2D eigenvalue weighted by molar-refractivity contribution is -0.169. The number of urea groups is 1. The number of carboxylic acid groups (broad SMARTS) is 1. The Hall–Kier alpha value is -4.19. The van der Waals surface area contributed by atoms with Gasteiger partial charge in [-0.05, 0) is 20.8 Å². The Morgan fingerprint density at radius 3 is 2.59 bits per heavy atom. The van der Waals surface area contributed by atoms with E-state index in [-0.39, 0.29) is 47.5 Å². The van der Waals surface area contributed by atoms with Crippen molar-refractivity contribution < 1.29 is 43.3 Å². The molecule has 41 heavy (non-hydrogen) atoms. The number of thiazole rings is 1. The Morgan fingerprint density at radius 1 is 1.29 bits per heavy atom. The van der Waals surface area contributed by atoms with Crippen LogP contribution in [0.3, 0.4) is 0 Å². The second kappa shape index (κ2) is 11.4. The van der Waals surface area contributed by atoms with Crippen LogP contribution in [-0.4, -0.2) is 109 Å². The standard InChI is InChI=1S/C23H27N7O9S2/c1-10(31)38-7-11-8-40-18-15(17(33)29(18)14(11)19(34)35)30(28-6-5-25-21(28)36)16(32)13(24)12-9-41-20(26-12)27-22(37)39-23(2,3)4/h9,15,18,24H,5-8H2,1-4H3,(H,25,36)(H,34,35)(H,26,27,37). The van der Waals surface area contributed by atoms with Crippen molar-refractivity contribution in [1.29, 1.82) is 5.41 Å². The molecule has 2 saturated heterocycles. The number of hydrazine groups is 1. The van der Waals surface area contributed by atoms with Gasteiger partial charge in [-0.2, -0.15) is 0 Å². The number of rotatable bonds is 8. The summed E-state index contributed by atoms with van der Waals surface area (Å²) >= 11 is 2.07. The summed E-state index contributed by atoms with van der Waals surface area (Å²) in [4.78, 5) is 80.2. The first-order valence-electron chi connectivity index (χ1n) is 12.2. The molecule has 3 aliphatic heterocycles. The van der Waals surface area contributed by atoms with Crippen LogP contribution in [0.15, 0.2) is 16.7 Å². The van der Waals surface area contributed by atoms with Gasteiger partial charge in [-0.3, -0.25) is 30.0 Å². The number of fused-ring (bicyclic) bond motifs is 1. The lowest BCUT2D eigenvalue weighted by Crippen LogP contribution is -2.74. The lowest BCUT2D eigenvalue weighted by Gasteiger charge is -2.53. The van der Waals surface area contributed by atoms with Crippen molar-refractivity contribution in [3.63, 3.8) is 0 Å². The predicted octanol–water partition coefficient (Wildman–Crippen LogP) is 0.812. The van der Waals surface area contributed by atoms with Crippen LogP contribution < -0.4 is 10.6 Å². The number of nitrogens with one attached hydrogen (secondary N) is 3. The molecule has 220 valence electrons. The number of thioether (sulfide) groups is 1. The summed E-state index contributed by atoms with van der Waals surface area (Å²) in [7, 11) is 0. The number of hydrogen-bond acceptors (Lipinski definition) is 12. The van der Waals surface area contributed by atoms with E-state index < -0.39 is 58.6 Å². The number of anilines is 1. The molecule has 18 heteroatoms. The minimum absolute atomic E-state index is 0.0147. The Balaban J connectivity index is 1.59. The summed E-state index contributed by atoms with van der Waals surface area (Å²) in [5.41, 5.74) is -1.69. The number of hydrogen-bond donors (Lipinski definition) is 4. The van der Waals surface area contributed by atoms with Gasteiger partial charge in [0.05, 0.1) is 6.54 Å². The number of esters is 1. The van der Waals surface area contributed by atoms with E-state index >= 15 is 0 Å². The summed E-state index contributed by atoms with van der Waals surface area (Å²) in [6.45, 7) is 6.08. The maximum absolute atomic E-state index is 13.7. The van der Waals surface area contributed by atoms with Gasteiger partial charge < -0.3 is 19.9 Å². The van der Waals surface area contributed by atoms with Gasteiger partial charge in [0, 0.05) is 30.2 Å². The van der Waals surface area contributed by atoms with Crippen molar-refractivity contribution >= 4 is 69.8 Å². The molecule has 1 aromatic heterocycles. The summed E-state index contributed by atoms with van der Waals surface area (Å²) in [5.74, 6) is -3.77. The Morgan fingerprint density at radius 2 is 2.00 bits per heavy atom. The van der Waals surface area contributed by atoms with Crippen molar-refractivity contribution in [1.82, 2.24) is 25.2 Å². The summed E-state index contributed by atoms with van der Waals surface area (Å²) < 4.78 is 10.1. The van der Waals surface area contributed by atoms with Gasteiger partial charge in [0.25, 0.3) is 11.8 Å². The minimum Gasteiger partial charge on any atom is -0.477 e. The molecule has 0 bridgehead atoms. The van der Waals surface area contributed by atoms with Gasteiger partial charge in [-0.1, -0.05) is 0 Å². The molecule has 2 atom stereocenters. The molecule has 0 radical (unpaired) electrons. The average molecular weight is 610 g/mol. The first-order chi connectivity index (χ1) is 19.2. The first kappa shape index (κ1) is 29.8. The van der Waals surface area contributed by atoms with Crippen LogP contribution in [0.2, 0.25) is 0 Å². The highest BCUT2D eigenvalue weighted by Gasteiger charge is 2.59. The highest BCUT2D eigenvalue weighted by molar-refractivity contribution is 8.00. The first-order valence-corrected chi connectivity index (χ1v) is 14.1. The molecule has 2 unspecified atom stereocenters. The number of aliphatic carboxylic acids is 1. The van der Waals surface area contributed by atoms with Crippen molar-refractivity contribution in [2.45, 2.75) is 44.7 Å². The third-order valence-electron chi connectivity index (χ3n) is 5.82. The topological polar surface area (TPSA) is 212 Å². The van der Waals surface area contributed by atoms with Gasteiger partial charge in [0.15, 0.2) is 11.2 Å². The molecule has 0 aliphatic carbocycles. The van der Waals surface area contributed by atoms with Crippen LogP contribution >= 0.6 is 23.1 Å². The van der Waals surface area contributed by atoms with E-state index in [1.54, 1.807) is 20.8 Å². The van der Waals surface area contributed by atoms with Crippen LogP contribution in [-0.2, 0) is 28.7 Å². The van der Waals surface area contributed by atoms with Crippen LogP contribution in [0.1, 0.15) is 33.4 Å². The van der Waals surface area contributed by atoms with Crippen LogP contribution in [0.5, 0.6) is 0 Å². The molecule has 16 nitrogen and oxygen atoms in total. The van der Waals surface area contributed by atoms with Crippen molar-refractivity contribution in [3.8, 4) is 0 Å². The van der Waals surface area contributed by atoms with E-state index in [2.05, 4.69) is 15.6 Å². The maximum atomic E-state index is 13.7. The Bertz CT molecular complexity index is 1370. The minimum atomic E-state index is -1.42. The van der Waals surface area contributed by atoms with Crippen molar-refractivity contribution in [3.05, 3.63) is 22.3 Å². The number of carbonyl (C=O) groups is 6. The Kier molecular flexibility index (Phi) is 8.25. The van der Waals surface area contributed by atoms with E-state index in [1.807, 2.05) is 0 Å². The van der Waals surface area contributed by atoms with E-state index in [1.165, 1.54) is 12.3 Å². The molecule has 3 aliphatic rings. The number of carboxylic acids is 1. The quantitative estimate of drug-likeness (QED) is 0.184. The zero-order valence-electron chi connectivity index (χ0n) is 22.4. The molecule has 0 aromatic carbocycles. The number of ether oxygens (including phenoxy) is 2. The van der Waals surface area contributed by atoms with Gasteiger partial charge in [-0.25, -0.2) is 29.4 Å². The molecular formula is C23H27N7O9S2. The van der Waals surface area contributed by atoms with Gasteiger partial charge in [0.2, 0.25) is 0 Å². The normalized spacial score (nSPS) is 20.1. The SMILES string of the molecule is CC(=O)OCC1=C(C(=O)O)N2C(=O)C(N(C(=O)C(=N)c3csc(NC(=O)OC(C)(C)C)n3)N3CCNC3=O)C2SC1. The zero-order valence-corrected chi connectivity index (χ0v) is 24.0. The molecule has 2 fully saturated rings. The largest absolute Gasteiger partial charge is 0.477 e. The number of carbonyl (C=O) groups excluding carboxylic acids is 5. The van der Waals surface area contributed by atoms with E-state index in [9.17, 15) is 33.9 Å². The van der Waals surface area contributed by atoms with Gasteiger partial charge in [0.1, 0.15) is 34.7 Å². The van der Waals surface area contributed by atoms with Crippen molar-refractivity contribution in [2.24, 2.45) is 0 Å². The molecule has 4 rings (SSSR count). The fraction of sp³-hybridized carbons (Fsp3) is 0.478. The average Bonchev–Trinajstić information content (AvgIpc) is 3.51. The fourth-order valence-corrected chi connectivity index (χ4v) is 6.22. The van der Waals surface area contributed by atoms with Crippen LogP contribution in [0.25, 0.3) is 0 Å². The van der Waals surface area contributed by atoms with E-state index in [0.717, 1.165) is 38.0 Å².